The number of hydrogen-bond donors (Lipinski definition) is 0. The average molecular weight is 296 g/mol. The first kappa shape index (κ1) is 19.7. The van der Waals surface area contributed by atoms with Crippen molar-refractivity contribution < 1.29 is 8.92 Å². The van der Waals surface area contributed by atoms with Crippen LogP contribution in [0.2, 0.25) is 13.1 Å². The van der Waals surface area contributed by atoms with E-state index in [0.29, 0.717) is 0 Å². The molecule has 0 aliphatic carbocycles. The van der Waals surface area contributed by atoms with Gasteiger partial charge in [-0.25, -0.2) is 0 Å². The molecule has 0 N–H and O–H groups in total. The fourth-order valence-corrected chi connectivity index (χ4v) is 0. The Morgan fingerprint density at radius 3 is 0.846 bits per heavy atom. The van der Waals surface area contributed by atoms with E-state index in [1.807, 2.05) is 0 Å². The van der Waals surface area contributed by atoms with Gasteiger partial charge in [0.1, 0.15) is 0 Å². The first-order chi connectivity index (χ1) is 5.29. The van der Waals surface area contributed by atoms with E-state index in [1.54, 1.807) is 50.4 Å². The molecule has 0 unspecified atom stereocenters. The Hall–Kier alpha value is 1.11. The van der Waals surface area contributed by atoms with Crippen LogP contribution in [0, 0.1) is 0 Å². The van der Waals surface area contributed by atoms with Crippen LogP contribution in [0.15, 0.2) is 0 Å². The minimum atomic E-state index is -1.37. The van der Waals surface area contributed by atoms with E-state index in [9.17, 15) is 8.92 Å². The molecule has 0 radical (unpaired) electrons. The first-order valence-corrected chi connectivity index (χ1v) is 7.36. The van der Waals surface area contributed by atoms with Gasteiger partial charge in [-0.05, 0) is 41.3 Å². The van der Waals surface area contributed by atoms with Crippen molar-refractivity contribution >= 4 is 63.2 Å². The van der Waals surface area contributed by atoms with E-state index in [1.165, 1.54) is 0 Å². The molecule has 76 valence electrons. The van der Waals surface area contributed by atoms with Crippen LogP contribution in [0.1, 0.15) is 0 Å². The molecule has 0 atom stereocenters. The zero-order valence-electron chi connectivity index (χ0n) is 8.71. The van der Waals surface area contributed by atoms with Crippen LogP contribution in [0.25, 0.3) is 0 Å². The van der Waals surface area contributed by atoms with Gasteiger partial charge in [0.2, 0.25) is 0 Å². The van der Waals surface area contributed by atoms with Gasteiger partial charge in [-0.1, -0.05) is 0 Å². The second kappa shape index (κ2) is 11.2. The third-order valence-electron chi connectivity index (χ3n) is 1.26. The molecule has 0 fully saturated rings. The summed E-state index contributed by atoms with van der Waals surface area (Å²) >= 11 is 0. The Morgan fingerprint density at radius 1 is 0.769 bits per heavy atom. The molecule has 0 amide bonds. The van der Waals surface area contributed by atoms with E-state index >= 15 is 0 Å². The van der Waals surface area contributed by atoms with Gasteiger partial charge in [-0.15, -0.1) is 0 Å². The zero-order chi connectivity index (χ0) is 10.3. The SMILES string of the molecule is CN(C)[Si](C)=O.CN(C)[Si](C)=O.[SrH2]. The van der Waals surface area contributed by atoms with Gasteiger partial charge in [0.05, 0.1) is 0 Å². The van der Waals surface area contributed by atoms with E-state index < -0.39 is 17.7 Å². The van der Waals surface area contributed by atoms with Crippen molar-refractivity contribution in [2.75, 3.05) is 28.2 Å². The standard InChI is InChI=1S/2C3H9NOSi.Sr.2H/c2*1-4(2)6(3)5;;;/h2*1-3H3;;;. The zero-order valence-corrected chi connectivity index (χ0v) is 10.7. The van der Waals surface area contributed by atoms with Crippen molar-refractivity contribution in [2.45, 2.75) is 13.1 Å². The molecular weight excluding hydrogens is 276 g/mol. The Balaban J connectivity index is -0.000000143. The monoisotopic (exact) mass is 296 g/mol. The van der Waals surface area contributed by atoms with Gasteiger partial charge >= 0.3 is 63.2 Å². The Bertz CT molecular complexity index is 147. The fraction of sp³-hybridized carbons (Fsp3) is 1.00. The Morgan fingerprint density at radius 2 is 0.846 bits per heavy atom. The molecule has 0 saturated heterocycles. The predicted octanol–water partition coefficient (Wildman–Crippen LogP) is -0.723. The minimum absolute atomic E-state index is 0. The van der Waals surface area contributed by atoms with Gasteiger partial charge in [0.25, 0.3) is 0 Å². The van der Waals surface area contributed by atoms with Crippen LogP contribution in [-0.4, -0.2) is 100 Å². The Kier molecular flexibility index (Phi) is 16.9. The number of rotatable bonds is 2. The van der Waals surface area contributed by atoms with Gasteiger partial charge < -0.3 is 18.1 Å². The van der Waals surface area contributed by atoms with Crippen molar-refractivity contribution in [1.29, 1.82) is 0 Å². The molecule has 13 heavy (non-hydrogen) atoms. The summed E-state index contributed by atoms with van der Waals surface area (Å²) < 4.78 is 23.9. The maximum atomic E-state index is 10.3. The second-order valence-corrected chi connectivity index (χ2v) is 6.69. The van der Waals surface area contributed by atoms with E-state index in [0.717, 1.165) is 0 Å². The van der Waals surface area contributed by atoms with Gasteiger partial charge in [0, 0.05) is 0 Å². The van der Waals surface area contributed by atoms with Crippen molar-refractivity contribution in [3.8, 4) is 0 Å². The molecule has 0 aromatic carbocycles. The van der Waals surface area contributed by atoms with Crippen molar-refractivity contribution in [1.82, 2.24) is 9.13 Å². The van der Waals surface area contributed by atoms with Gasteiger partial charge in [-0.3, -0.25) is 0 Å². The van der Waals surface area contributed by atoms with Crippen molar-refractivity contribution in [3.05, 3.63) is 0 Å². The summed E-state index contributed by atoms with van der Waals surface area (Å²) in [6.45, 7) is 3.43. The van der Waals surface area contributed by atoms with Crippen molar-refractivity contribution in [2.24, 2.45) is 0 Å². The normalized spacial score (nSPS) is 7.23. The molecule has 7 heteroatoms. The van der Waals surface area contributed by atoms with Crippen LogP contribution in [0.4, 0.5) is 0 Å². The molecule has 0 saturated carbocycles. The van der Waals surface area contributed by atoms with Crippen LogP contribution < -0.4 is 0 Å². The van der Waals surface area contributed by atoms with Gasteiger partial charge in [0.15, 0.2) is 0 Å². The van der Waals surface area contributed by atoms with Crippen LogP contribution in [0.3, 0.4) is 0 Å². The summed E-state index contributed by atoms with van der Waals surface area (Å²) in [5.74, 6) is 0. The molecule has 0 bridgehead atoms. The van der Waals surface area contributed by atoms with Crippen molar-refractivity contribution in [3.63, 3.8) is 0 Å². The topological polar surface area (TPSA) is 40.6 Å². The van der Waals surface area contributed by atoms with E-state index in [2.05, 4.69) is 0 Å². The molecule has 0 aromatic heterocycles. The number of nitrogens with zero attached hydrogens (tertiary/aromatic N) is 2. The third kappa shape index (κ3) is 19.5. The Labute approximate surface area is 121 Å². The molecule has 0 rings (SSSR count). The molecule has 0 aliphatic heterocycles. The summed E-state index contributed by atoms with van der Waals surface area (Å²) in [5.41, 5.74) is 0. The van der Waals surface area contributed by atoms with E-state index in [-0.39, 0.29) is 45.5 Å². The molecule has 0 aliphatic rings. The molecule has 0 heterocycles. The fourth-order valence-electron chi connectivity index (χ4n) is 0. The first-order valence-electron chi connectivity index (χ1n) is 3.64. The van der Waals surface area contributed by atoms with Crippen LogP contribution >= 0.6 is 0 Å². The summed E-state index contributed by atoms with van der Waals surface area (Å²) in [6.07, 6.45) is 0. The number of hydrogen-bond acceptors (Lipinski definition) is 2. The quantitative estimate of drug-likeness (QED) is 0.631. The summed E-state index contributed by atoms with van der Waals surface area (Å²) in [6, 6.07) is 0. The maximum absolute atomic E-state index is 10.3. The average Bonchev–Trinajstić information content (AvgIpc) is 1.88. The second-order valence-electron chi connectivity index (χ2n) is 2.83. The van der Waals surface area contributed by atoms with E-state index in [4.69, 9.17) is 0 Å². The van der Waals surface area contributed by atoms with Crippen LogP contribution in [-0.2, 0) is 8.92 Å². The molecule has 4 nitrogen and oxygen atoms in total. The molecular formula is C6H20N2O2Si2Sr. The summed E-state index contributed by atoms with van der Waals surface area (Å²) in [4.78, 5) is 0. The van der Waals surface area contributed by atoms with Crippen LogP contribution in [0.5, 0.6) is 0 Å². The molecule has 0 spiro atoms. The molecule has 0 aromatic rings. The summed E-state index contributed by atoms with van der Waals surface area (Å²) in [5, 5.41) is 0. The third-order valence-corrected chi connectivity index (χ3v) is 3.78. The predicted molar refractivity (Wildman–Crippen MR) is 60.5 cm³/mol. The summed E-state index contributed by atoms with van der Waals surface area (Å²) in [7, 11) is 4.49. The van der Waals surface area contributed by atoms with Gasteiger partial charge in [-0.2, -0.15) is 0 Å².